The van der Waals surface area contributed by atoms with Gasteiger partial charge in [0.05, 0.1) is 12.8 Å². The van der Waals surface area contributed by atoms with E-state index in [1.165, 1.54) is 5.56 Å². The second-order valence-electron chi connectivity index (χ2n) is 4.76. The van der Waals surface area contributed by atoms with Crippen LogP contribution in [0.5, 0.6) is 11.5 Å². The van der Waals surface area contributed by atoms with Gasteiger partial charge in [-0.15, -0.1) is 0 Å². The Balaban J connectivity index is 2.05. The Morgan fingerprint density at radius 1 is 1.20 bits per heavy atom. The molecule has 0 spiro atoms. The number of hydrogen-bond donors (Lipinski definition) is 2. The van der Waals surface area contributed by atoms with E-state index in [1.54, 1.807) is 19.2 Å². The topological polar surface area (TPSA) is 41.5 Å². The second-order valence-corrected chi connectivity index (χ2v) is 5.68. The fourth-order valence-electron chi connectivity index (χ4n) is 2.10. The smallest absolute Gasteiger partial charge is 0.142 e. The maximum absolute atomic E-state index is 9.29. The van der Waals surface area contributed by atoms with Gasteiger partial charge in [-0.25, -0.2) is 0 Å². The van der Waals surface area contributed by atoms with E-state index in [0.29, 0.717) is 5.75 Å². The van der Waals surface area contributed by atoms with Crippen molar-refractivity contribution in [2.75, 3.05) is 12.4 Å². The van der Waals surface area contributed by atoms with Crippen LogP contribution in [0.2, 0.25) is 0 Å². The molecular formula is C16H18BrNO2. The third kappa shape index (κ3) is 3.90. The van der Waals surface area contributed by atoms with E-state index < -0.39 is 0 Å². The number of halogens is 1. The Morgan fingerprint density at radius 2 is 1.90 bits per heavy atom. The van der Waals surface area contributed by atoms with Crippen LogP contribution < -0.4 is 10.1 Å². The molecule has 0 fully saturated rings. The van der Waals surface area contributed by atoms with Crippen molar-refractivity contribution in [3.8, 4) is 11.5 Å². The van der Waals surface area contributed by atoms with Crippen LogP contribution >= 0.6 is 15.9 Å². The van der Waals surface area contributed by atoms with Gasteiger partial charge in [-0.05, 0) is 49.2 Å². The molecule has 0 radical (unpaired) electrons. The fourth-order valence-corrected chi connectivity index (χ4v) is 2.46. The van der Waals surface area contributed by atoms with Crippen molar-refractivity contribution >= 4 is 21.6 Å². The molecule has 1 atom stereocenters. The highest BCUT2D eigenvalue weighted by Crippen LogP contribution is 2.28. The van der Waals surface area contributed by atoms with E-state index in [9.17, 15) is 5.11 Å². The lowest BCUT2D eigenvalue weighted by Gasteiger charge is -2.18. The number of phenols is 1. The maximum atomic E-state index is 9.29. The molecule has 0 heterocycles. The van der Waals surface area contributed by atoms with Crippen LogP contribution in [0, 0.1) is 0 Å². The van der Waals surface area contributed by atoms with Crippen LogP contribution in [-0.4, -0.2) is 18.3 Å². The van der Waals surface area contributed by atoms with Gasteiger partial charge in [0.2, 0.25) is 0 Å². The van der Waals surface area contributed by atoms with E-state index in [2.05, 4.69) is 28.2 Å². The number of methoxy groups -OCH3 is 1. The summed E-state index contributed by atoms with van der Waals surface area (Å²) in [5.41, 5.74) is 2.14. The Bertz CT molecular complexity index is 569. The molecule has 0 saturated carbocycles. The molecule has 0 aliphatic carbocycles. The Kier molecular flexibility index (Phi) is 4.90. The molecule has 2 rings (SSSR count). The minimum Gasteiger partial charge on any atom is -0.508 e. The van der Waals surface area contributed by atoms with E-state index >= 15 is 0 Å². The zero-order valence-electron chi connectivity index (χ0n) is 11.6. The number of nitrogens with one attached hydrogen (secondary N) is 1. The lowest BCUT2D eigenvalue weighted by Crippen LogP contribution is -2.18. The fraction of sp³-hybridized carbons (Fsp3) is 0.250. The SMILES string of the molecule is COc1ccc(Br)cc1NC(C)Cc1ccc(O)cc1. The molecule has 0 aromatic heterocycles. The van der Waals surface area contributed by atoms with Gasteiger partial charge in [-0.1, -0.05) is 28.1 Å². The molecule has 1 unspecified atom stereocenters. The van der Waals surface area contributed by atoms with Crippen LogP contribution in [0.3, 0.4) is 0 Å². The van der Waals surface area contributed by atoms with E-state index in [-0.39, 0.29) is 6.04 Å². The lowest BCUT2D eigenvalue weighted by atomic mass is 10.1. The molecule has 0 bridgehead atoms. The van der Waals surface area contributed by atoms with Gasteiger partial charge in [0.1, 0.15) is 11.5 Å². The van der Waals surface area contributed by atoms with Crippen molar-refractivity contribution in [3.63, 3.8) is 0 Å². The van der Waals surface area contributed by atoms with E-state index in [0.717, 1.165) is 22.3 Å². The number of hydrogen-bond acceptors (Lipinski definition) is 3. The third-order valence-electron chi connectivity index (χ3n) is 3.04. The average molecular weight is 336 g/mol. The van der Waals surface area contributed by atoms with Crippen molar-refractivity contribution in [1.29, 1.82) is 0 Å². The molecule has 0 amide bonds. The van der Waals surface area contributed by atoms with Gasteiger partial charge in [0.15, 0.2) is 0 Å². The predicted molar refractivity (Wildman–Crippen MR) is 85.6 cm³/mol. The lowest BCUT2D eigenvalue weighted by molar-refractivity contribution is 0.416. The first kappa shape index (κ1) is 14.7. The van der Waals surface area contributed by atoms with Crippen LogP contribution in [0.25, 0.3) is 0 Å². The summed E-state index contributed by atoms with van der Waals surface area (Å²) in [5, 5.41) is 12.7. The van der Waals surface area contributed by atoms with Crippen LogP contribution in [0.1, 0.15) is 12.5 Å². The molecule has 2 aromatic rings. The molecule has 3 nitrogen and oxygen atoms in total. The molecule has 0 saturated heterocycles. The minimum absolute atomic E-state index is 0.253. The summed E-state index contributed by atoms with van der Waals surface area (Å²) in [6.45, 7) is 2.12. The van der Waals surface area contributed by atoms with Crippen LogP contribution in [-0.2, 0) is 6.42 Å². The summed E-state index contributed by atoms with van der Waals surface area (Å²) in [6.07, 6.45) is 0.871. The van der Waals surface area contributed by atoms with Gasteiger partial charge in [0.25, 0.3) is 0 Å². The van der Waals surface area contributed by atoms with Gasteiger partial charge in [-0.2, -0.15) is 0 Å². The first-order valence-corrected chi connectivity index (χ1v) is 7.26. The average Bonchev–Trinajstić information content (AvgIpc) is 2.41. The minimum atomic E-state index is 0.253. The van der Waals surface area contributed by atoms with Crippen molar-refractivity contribution in [2.45, 2.75) is 19.4 Å². The Morgan fingerprint density at radius 3 is 2.55 bits per heavy atom. The first-order chi connectivity index (χ1) is 9.58. The number of anilines is 1. The highest BCUT2D eigenvalue weighted by Gasteiger charge is 2.08. The summed E-state index contributed by atoms with van der Waals surface area (Å²) < 4.78 is 6.36. The molecule has 106 valence electrons. The molecule has 2 N–H and O–H groups in total. The quantitative estimate of drug-likeness (QED) is 0.860. The Hall–Kier alpha value is -1.68. The normalized spacial score (nSPS) is 11.9. The van der Waals surface area contributed by atoms with Crippen LogP contribution in [0.4, 0.5) is 5.69 Å². The number of phenolic OH excluding ortho intramolecular Hbond substituents is 1. The van der Waals surface area contributed by atoms with Crippen molar-refractivity contribution in [1.82, 2.24) is 0 Å². The number of ether oxygens (including phenoxy) is 1. The molecule has 20 heavy (non-hydrogen) atoms. The van der Waals surface area contributed by atoms with E-state index in [1.807, 2.05) is 30.3 Å². The highest BCUT2D eigenvalue weighted by molar-refractivity contribution is 9.10. The Labute approximate surface area is 127 Å². The monoisotopic (exact) mass is 335 g/mol. The molecule has 0 aliphatic rings. The zero-order chi connectivity index (χ0) is 14.5. The van der Waals surface area contributed by atoms with Gasteiger partial charge >= 0.3 is 0 Å². The molecular weight excluding hydrogens is 318 g/mol. The number of aromatic hydroxyl groups is 1. The van der Waals surface area contributed by atoms with Crippen LogP contribution in [0.15, 0.2) is 46.9 Å². The zero-order valence-corrected chi connectivity index (χ0v) is 13.1. The second kappa shape index (κ2) is 6.66. The van der Waals surface area contributed by atoms with Gasteiger partial charge < -0.3 is 15.2 Å². The highest BCUT2D eigenvalue weighted by atomic mass is 79.9. The third-order valence-corrected chi connectivity index (χ3v) is 3.53. The summed E-state index contributed by atoms with van der Waals surface area (Å²) in [4.78, 5) is 0. The van der Waals surface area contributed by atoms with Gasteiger partial charge in [-0.3, -0.25) is 0 Å². The van der Waals surface area contributed by atoms with Crippen molar-refractivity contribution in [3.05, 3.63) is 52.5 Å². The summed E-state index contributed by atoms with van der Waals surface area (Å²) >= 11 is 3.47. The van der Waals surface area contributed by atoms with Crippen molar-refractivity contribution < 1.29 is 9.84 Å². The molecule has 2 aromatic carbocycles. The predicted octanol–water partition coefficient (Wildman–Crippen LogP) is 4.21. The first-order valence-electron chi connectivity index (χ1n) is 6.46. The largest absolute Gasteiger partial charge is 0.508 e. The van der Waals surface area contributed by atoms with Crippen molar-refractivity contribution in [2.24, 2.45) is 0 Å². The molecule has 4 heteroatoms. The maximum Gasteiger partial charge on any atom is 0.142 e. The standard InChI is InChI=1S/C16H18BrNO2/c1-11(9-12-3-6-14(19)7-4-12)18-15-10-13(17)5-8-16(15)20-2/h3-8,10-11,18-19H,9H2,1-2H3. The number of rotatable bonds is 5. The van der Waals surface area contributed by atoms with E-state index in [4.69, 9.17) is 4.74 Å². The molecule has 0 aliphatic heterocycles. The van der Waals surface area contributed by atoms with Gasteiger partial charge in [0, 0.05) is 10.5 Å². The summed E-state index contributed by atoms with van der Waals surface area (Å²) in [7, 11) is 1.67. The summed E-state index contributed by atoms with van der Waals surface area (Å²) in [6, 6.07) is 13.4. The number of benzene rings is 2. The summed E-state index contributed by atoms with van der Waals surface area (Å²) in [5.74, 6) is 1.12.